The molecule has 0 atom stereocenters. The molecule has 0 saturated heterocycles. The summed E-state index contributed by atoms with van der Waals surface area (Å²) in [4.78, 5) is 11.3. The number of rotatable bonds is 3. The van der Waals surface area contributed by atoms with Gasteiger partial charge in [0.05, 0.1) is 11.2 Å². The van der Waals surface area contributed by atoms with Crippen LogP contribution in [-0.4, -0.2) is 22.6 Å². The molecule has 0 fully saturated rings. The zero-order chi connectivity index (χ0) is 12.3. The summed E-state index contributed by atoms with van der Waals surface area (Å²) in [5.74, 6) is 0. The molecule has 0 radical (unpaired) electrons. The Kier molecular flexibility index (Phi) is 4.17. The lowest BCUT2D eigenvalue weighted by Gasteiger charge is -2.08. The highest BCUT2D eigenvalue weighted by molar-refractivity contribution is 6.41. The number of hydrogen-bond acceptors (Lipinski definition) is 3. The first-order chi connectivity index (χ1) is 7.31. The zero-order valence-electron chi connectivity index (χ0n) is 7.59. The highest BCUT2D eigenvalue weighted by atomic mass is 35.5. The van der Waals surface area contributed by atoms with Gasteiger partial charge in [-0.15, -0.1) is 0 Å². The highest BCUT2D eigenvalue weighted by Gasteiger charge is 2.27. The average Bonchev–Trinajstić information content (AvgIpc) is 2.16. The Morgan fingerprint density at radius 3 is 2.62 bits per heavy atom. The van der Waals surface area contributed by atoms with Crippen LogP contribution < -0.4 is 5.56 Å². The Labute approximate surface area is 97.5 Å². The number of aromatic nitrogens is 2. The summed E-state index contributed by atoms with van der Waals surface area (Å²) in [5.41, 5.74) is -0.809. The normalized spacial score (nSPS) is 11.8. The van der Waals surface area contributed by atoms with Gasteiger partial charge in [0.2, 0.25) is 0 Å². The standard InChI is InChI=1S/C7H5Cl2F3N2O2/c8-4-1-13-14(6(15)5(4)9)3-16-2-7(10,11)12/h1H,2-3H2. The maximum atomic E-state index is 11.7. The van der Waals surface area contributed by atoms with Gasteiger partial charge in [0.25, 0.3) is 5.56 Å². The zero-order valence-corrected chi connectivity index (χ0v) is 9.10. The Morgan fingerprint density at radius 1 is 1.44 bits per heavy atom. The first-order valence-electron chi connectivity index (χ1n) is 3.87. The molecule has 0 unspecified atom stereocenters. The molecular formula is C7H5Cl2F3N2O2. The topological polar surface area (TPSA) is 44.1 Å². The van der Waals surface area contributed by atoms with Gasteiger partial charge < -0.3 is 4.74 Å². The molecule has 16 heavy (non-hydrogen) atoms. The van der Waals surface area contributed by atoms with E-state index >= 15 is 0 Å². The maximum absolute atomic E-state index is 11.7. The van der Waals surface area contributed by atoms with Gasteiger partial charge in [-0.1, -0.05) is 23.2 Å². The van der Waals surface area contributed by atoms with Crippen LogP contribution in [0, 0.1) is 0 Å². The molecule has 9 heteroatoms. The van der Waals surface area contributed by atoms with E-state index in [2.05, 4.69) is 9.84 Å². The van der Waals surface area contributed by atoms with Crippen molar-refractivity contribution in [3.63, 3.8) is 0 Å². The number of ether oxygens (including phenoxy) is 1. The molecule has 0 spiro atoms. The van der Waals surface area contributed by atoms with Crippen molar-refractivity contribution < 1.29 is 17.9 Å². The second-order valence-corrected chi connectivity index (χ2v) is 3.49. The monoisotopic (exact) mass is 276 g/mol. The summed E-state index contributed by atoms with van der Waals surface area (Å²) in [6.07, 6.45) is -3.41. The van der Waals surface area contributed by atoms with Gasteiger partial charge in [-0.25, -0.2) is 4.68 Å². The summed E-state index contributed by atoms with van der Waals surface area (Å²) >= 11 is 10.9. The minimum absolute atomic E-state index is 0.0706. The van der Waals surface area contributed by atoms with Crippen LogP contribution in [0.25, 0.3) is 0 Å². The third kappa shape index (κ3) is 3.66. The average molecular weight is 277 g/mol. The molecule has 0 aliphatic rings. The minimum atomic E-state index is -4.46. The fourth-order valence-corrected chi connectivity index (χ4v) is 1.06. The summed E-state index contributed by atoms with van der Waals surface area (Å²) in [7, 11) is 0. The molecule has 0 bridgehead atoms. The maximum Gasteiger partial charge on any atom is 0.411 e. The summed E-state index contributed by atoms with van der Waals surface area (Å²) in [6.45, 7) is -2.11. The molecule has 0 aromatic carbocycles. The number of alkyl halides is 3. The van der Waals surface area contributed by atoms with Crippen molar-refractivity contribution in [3.05, 3.63) is 26.6 Å². The molecule has 0 N–H and O–H groups in total. The number of nitrogens with zero attached hydrogens (tertiary/aromatic N) is 2. The number of halogens is 5. The van der Waals surface area contributed by atoms with Crippen molar-refractivity contribution in [2.24, 2.45) is 0 Å². The fourth-order valence-electron chi connectivity index (χ4n) is 0.785. The molecule has 1 heterocycles. The first kappa shape index (κ1) is 13.3. The minimum Gasteiger partial charge on any atom is -0.350 e. The van der Waals surface area contributed by atoms with E-state index in [-0.39, 0.29) is 10.0 Å². The molecule has 0 aliphatic carbocycles. The van der Waals surface area contributed by atoms with Crippen molar-refractivity contribution in [3.8, 4) is 0 Å². The van der Waals surface area contributed by atoms with Crippen LogP contribution >= 0.6 is 23.2 Å². The molecule has 1 aromatic heterocycles. The van der Waals surface area contributed by atoms with Gasteiger partial charge in [-0.2, -0.15) is 18.3 Å². The van der Waals surface area contributed by atoms with Gasteiger partial charge in [0, 0.05) is 0 Å². The van der Waals surface area contributed by atoms with Crippen LogP contribution in [0.4, 0.5) is 13.2 Å². The van der Waals surface area contributed by atoms with E-state index in [1.54, 1.807) is 0 Å². The van der Waals surface area contributed by atoms with E-state index in [4.69, 9.17) is 23.2 Å². The Hall–Kier alpha value is -0.790. The van der Waals surface area contributed by atoms with E-state index in [0.717, 1.165) is 6.20 Å². The van der Waals surface area contributed by atoms with Crippen molar-refractivity contribution in [2.45, 2.75) is 12.9 Å². The molecule has 0 saturated carbocycles. The fraction of sp³-hybridized carbons (Fsp3) is 0.429. The largest absolute Gasteiger partial charge is 0.411 e. The third-order valence-corrected chi connectivity index (χ3v) is 2.17. The van der Waals surface area contributed by atoms with Crippen LogP contribution in [-0.2, 0) is 11.5 Å². The summed E-state index contributed by atoms with van der Waals surface area (Å²) in [6, 6.07) is 0. The van der Waals surface area contributed by atoms with Crippen molar-refractivity contribution in [1.82, 2.24) is 9.78 Å². The van der Waals surface area contributed by atoms with Crippen LogP contribution in [0.5, 0.6) is 0 Å². The Bertz CT molecular complexity index is 433. The molecule has 0 aliphatic heterocycles. The molecule has 1 aromatic rings. The van der Waals surface area contributed by atoms with Gasteiger partial charge in [-0.05, 0) is 0 Å². The molecule has 90 valence electrons. The van der Waals surface area contributed by atoms with Crippen molar-refractivity contribution in [2.75, 3.05) is 6.61 Å². The Morgan fingerprint density at radius 2 is 2.06 bits per heavy atom. The molecular weight excluding hydrogens is 272 g/mol. The lowest BCUT2D eigenvalue weighted by atomic mass is 10.6. The second kappa shape index (κ2) is 5.03. The lowest BCUT2D eigenvalue weighted by molar-refractivity contribution is -0.182. The SMILES string of the molecule is O=c1c(Cl)c(Cl)cnn1COCC(F)(F)F. The van der Waals surface area contributed by atoms with Gasteiger partial charge >= 0.3 is 6.18 Å². The van der Waals surface area contributed by atoms with E-state index in [1.807, 2.05) is 0 Å². The summed E-state index contributed by atoms with van der Waals surface area (Å²) in [5, 5.41) is 3.07. The highest BCUT2D eigenvalue weighted by Crippen LogP contribution is 2.16. The molecule has 1 rings (SSSR count). The summed E-state index contributed by atoms with van der Waals surface area (Å²) < 4.78 is 40.0. The molecule has 0 amide bonds. The van der Waals surface area contributed by atoms with Gasteiger partial charge in [0.1, 0.15) is 18.4 Å². The Balaban J connectivity index is 2.69. The van der Waals surface area contributed by atoms with Crippen molar-refractivity contribution in [1.29, 1.82) is 0 Å². The van der Waals surface area contributed by atoms with Crippen molar-refractivity contribution >= 4 is 23.2 Å². The first-order valence-corrected chi connectivity index (χ1v) is 4.62. The molecule has 4 nitrogen and oxygen atoms in total. The van der Waals surface area contributed by atoms with E-state index in [9.17, 15) is 18.0 Å². The van der Waals surface area contributed by atoms with Crippen LogP contribution in [0.3, 0.4) is 0 Å². The quantitative estimate of drug-likeness (QED) is 0.849. The van der Waals surface area contributed by atoms with E-state index in [1.165, 1.54) is 0 Å². The van der Waals surface area contributed by atoms with Crippen LogP contribution in [0.2, 0.25) is 10.0 Å². The predicted octanol–water partition coefficient (Wildman–Crippen LogP) is 2.09. The van der Waals surface area contributed by atoms with Gasteiger partial charge in [0.15, 0.2) is 0 Å². The lowest BCUT2D eigenvalue weighted by Crippen LogP contribution is -2.27. The number of hydrogen-bond donors (Lipinski definition) is 0. The van der Waals surface area contributed by atoms with E-state index < -0.39 is 25.1 Å². The second-order valence-electron chi connectivity index (χ2n) is 2.70. The van der Waals surface area contributed by atoms with Gasteiger partial charge in [-0.3, -0.25) is 4.79 Å². The van der Waals surface area contributed by atoms with E-state index in [0.29, 0.717) is 4.68 Å². The third-order valence-electron chi connectivity index (χ3n) is 1.42. The van der Waals surface area contributed by atoms with Crippen LogP contribution in [0.1, 0.15) is 0 Å². The smallest absolute Gasteiger partial charge is 0.350 e. The van der Waals surface area contributed by atoms with Crippen LogP contribution in [0.15, 0.2) is 11.0 Å². The predicted molar refractivity (Wildman–Crippen MR) is 50.5 cm³/mol.